The van der Waals surface area contributed by atoms with Crippen molar-refractivity contribution in [2.75, 3.05) is 17.9 Å². The van der Waals surface area contributed by atoms with Gasteiger partial charge in [-0.15, -0.1) is 0 Å². The van der Waals surface area contributed by atoms with Gasteiger partial charge in [0.1, 0.15) is 11.5 Å². The number of carbonyl (C=O) groups is 1. The van der Waals surface area contributed by atoms with Gasteiger partial charge in [-0.05, 0) is 74.7 Å². The topological polar surface area (TPSA) is 93.7 Å². The number of ether oxygens (including phenoxy) is 2. The Balaban J connectivity index is 1.52. The summed E-state index contributed by atoms with van der Waals surface area (Å²) in [5.74, 6) is 0.587. The van der Waals surface area contributed by atoms with Crippen LogP contribution >= 0.6 is 11.6 Å². The highest BCUT2D eigenvalue weighted by molar-refractivity contribution is 7.92. The summed E-state index contributed by atoms with van der Waals surface area (Å²) >= 11 is 6.24. The quantitative estimate of drug-likeness (QED) is 0.351. The Morgan fingerprint density at radius 3 is 2.37 bits per heavy atom. The Morgan fingerprint density at radius 2 is 1.71 bits per heavy atom. The molecule has 0 radical (unpaired) electrons. The van der Waals surface area contributed by atoms with Gasteiger partial charge in [-0.3, -0.25) is 9.52 Å². The van der Waals surface area contributed by atoms with Crippen LogP contribution in [0.25, 0.3) is 0 Å². The molecule has 0 spiro atoms. The SMILES string of the molecule is CCOc1ccc(NS(=O)(=O)c2ccc(OCC(=O)N[C@@H](C)CCc3ccccc3)c(Cl)c2)cc1. The maximum Gasteiger partial charge on any atom is 0.261 e. The van der Waals surface area contributed by atoms with Crippen LogP contribution in [0.1, 0.15) is 25.8 Å². The molecule has 35 heavy (non-hydrogen) atoms. The first-order chi connectivity index (χ1) is 16.8. The molecule has 0 aliphatic rings. The Labute approximate surface area is 211 Å². The van der Waals surface area contributed by atoms with Crippen molar-refractivity contribution in [2.45, 2.75) is 37.6 Å². The first-order valence-corrected chi connectivity index (χ1v) is 13.1. The maximum atomic E-state index is 12.7. The lowest BCUT2D eigenvalue weighted by Crippen LogP contribution is -2.36. The third kappa shape index (κ3) is 8.19. The molecule has 3 aromatic carbocycles. The van der Waals surface area contributed by atoms with E-state index in [9.17, 15) is 13.2 Å². The van der Waals surface area contributed by atoms with Gasteiger partial charge < -0.3 is 14.8 Å². The van der Waals surface area contributed by atoms with E-state index in [0.29, 0.717) is 18.0 Å². The third-order valence-electron chi connectivity index (χ3n) is 5.11. The van der Waals surface area contributed by atoms with E-state index in [1.807, 2.05) is 32.0 Å². The average Bonchev–Trinajstić information content (AvgIpc) is 2.84. The molecule has 0 saturated heterocycles. The molecule has 0 unspecified atom stereocenters. The number of nitrogens with one attached hydrogen (secondary N) is 2. The van der Waals surface area contributed by atoms with Crippen LogP contribution in [0.3, 0.4) is 0 Å². The van der Waals surface area contributed by atoms with Gasteiger partial charge in [0, 0.05) is 11.7 Å². The number of carbonyl (C=O) groups excluding carboxylic acids is 1. The zero-order valence-corrected chi connectivity index (χ0v) is 21.2. The predicted molar refractivity (Wildman–Crippen MR) is 138 cm³/mol. The monoisotopic (exact) mass is 516 g/mol. The van der Waals surface area contributed by atoms with Gasteiger partial charge >= 0.3 is 0 Å². The predicted octanol–water partition coefficient (Wildman–Crippen LogP) is 5.06. The number of hydrogen-bond acceptors (Lipinski definition) is 5. The van der Waals surface area contributed by atoms with E-state index in [1.165, 1.54) is 23.8 Å². The third-order valence-corrected chi connectivity index (χ3v) is 6.78. The van der Waals surface area contributed by atoms with Crippen molar-refractivity contribution in [1.29, 1.82) is 0 Å². The van der Waals surface area contributed by atoms with Crippen molar-refractivity contribution in [2.24, 2.45) is 0 Å². The summed E-state index contributed by atoms with van der Waals surface area (Å²) in [5, 5.41) is 2.98. The van der Waals surface area contributed by atoms with Crippen molar-refractivity contribution in [3.8, 4) is 11.5 Å². The minimum Gasteiger partial charge on any atom is -0.494 e. The fraction of sp³-hybridized carbons (Fsp3) is 0.269. The van der Waals surface area contributed by atoms with Crippen molar-refractivity contribution in [3.05, 3.63) is 83.4 Å². The van der Waals surface area contributed by atoms with Crippen molar-refractivity contribution < 1.29 is 22.7 Å². The van der Waals surface area contributed by atoms with Crippen LogP contribution in [0.2, 0.25) is 5.02 Å². The van der Waals surface area contributed by atoms with Crippen LogP contribution in [-0.4, -0.2) is 33.6 Å². The Morgan fingerprint density at radius 1 is 1.00 bits per heavy atom. The Kier molecular flexibility index (Phi) is 9.39. The largest absolute Gasteiger partial charge is 0.494 e. The molecule has 0 saturated carbocycles. The number of amides is 1. The minimum absolute atomic E-state index is 0.0250. The molecular weight excluding hydrogens is 488 g/mol. The summed E-state index contributed by atoms with van der Waals surface area (Å²) in [4.78, 5) is 12.2. The van der Waals surface area contributed by atoms with Crippen LogP contribution in [-0.2, 0) is 21.2 Å². The van der Waals surface area contributed by atoms with Gasteiger partial charge in [0.15, 0.2) is 6.61 Å². The maximum absolute atomic E-state index is 12.7. The second-order valence-corrected chi connectivity index (χ2v) is 10.0. The number of halogens is 1. The number of benzene rings is 3. The average molecular weight is 517 g/mol. The lowest BCUT2D eigenvalue weighted by atomic mass is 10.1. The molecule has 0 bridgehead atoms. The Hall–Kier alpha value is -3.23. The fourth-order valence-corrected chi connectivity index (χ4v) is 4.71. The normalized spacial score (nSPS) is 12.0. The molecule has 0 aromatic heterocycles. The number of hydrogen-bond donors (Lipinski definition) is 2. The zero-order chi connectivity index (χ0) is 25.3. The van der Waals surface area contributed by atoms with E-state index < -0.39 is 10.0 Å². The summed E-state index contributed by atoms with van der Waals surface area (Å²) in [6.07, 6.45) is 1.65. The summed E-state index contributed by atoms with van der Waals surface area (Å²) < 4.78 is 38.8. The highest BCUT2D eigenvalue weighted by Gasteiger charge is 2.17. The summed E-state index contributed by atoms with van der Waals surface area (Å²) in [7, 11) is -3.86. The van der Waals surface area contributed by atoms with Gasteiger partial charge in [-0.25, -0.2) is 8.42 Å². The molecule has 3 aromatic rings. The lowest BCUT2D eigenvalue weighted by molar-refractivity contribution is -0.123. The first-order valence-electron chi connectivity index (χ1n) is 11.3. The molecule has 0 aliphatic carbocycles. The van der Waals surface area contributed by atoms with Gasteiger partial charge in [0.05, 0.1) is 16.5 Å². The van der Waals surface area contributed by atoms with E-state index in [-0.39, 0.29) is 34.2 Å². The van der Waals surface area contributed by atoms with Crippen LogP contribution in [0.5, 0.6) is 11.5 Å². The van der Waals surface area contributed by atoms with Crippen LogP contribution in [0, 0.1) is 0 Å². The first kappa shape index (κ1) is 26.4. The molecule has 0 fully saturated rings. The van der Waals surface area contributed by atoms with E-state index in [2.05, 4.69) is 22.2 Å². The number of anilines is 1. The molecule has 186 valence electrons. The highest BCUT2D eigenvalue weighted by atomic mass is 35.5. The van der Waals surface area contributed by atoms with Gasteiger partial charge in [-0.1, -0.05) is 41.9 Å². The number of sulfonamides is 1. The van der Waals surface area contributed by atoms with Crippen LogP contribution < -0.4 is 19.5 Å². The highest BCUT2D eigenvalue weighted by Crippen LogP contribution is 2.28. The number of aryl methyl sites for hydroxylation is 1. The summed E-state index contributed by atoms with van der Waals surface area (Å²) in [6.45, 7) is 4.09. The van der Waals surface area contributed by atoms with E-state index in [4.69, 9.17) is 21.1 Å². The standard InChI is InChI=1S/C26H29ClN2O5S/c1-3-33-22-13-11-21(12-14-22)29-35(31,32)23-15-16-25(24(27)17-23)34-18-26(30)28-19(2)9-10-20-7-5-4-6-8-20/h4-8,11-17,19,29H,3,9-10,18H2,1-2H3,(H,28,30)/t19-/m0/s1. The van der Waals surface area contributed by atoms with Gasteiger partial charge in [-0.2, -0.15) is 0 Å². The smallest absolute Gasteiger partial charge is 0.261 e. The second kappa shape index (κ2) is 12.5. The molecular formula is C26H29ClN2O5S. The number of rotatable bonds is 12. The summed E-state index contributed by atoms with van der Waals surface area (Å²) in [5.41, 5.74) is 1.60. The molecule has 0 aliphatic heterocycles. The molecule has 1 atom stereocenters. The minimum atomic E-state index is -3.86. The van der Waals surface area contributed by atoms with Crippen LogP contribution in [0.4, 0.5) is 5.69 Å². The van der Waals surface area contributed by atoms with Crippen molar-refractivity contribution in [3.63, 3.8) is 0 Å². The molecule has 0 heterocycles. The molecule has 7 nitrogen and oxygen atoms in total. The van der Waals surface area contributed by atoms with Crippen molar-refractivity contribution >= 4 is 33.2 Å². The summed E-state index contributed by atoms with van der Waals surface area (Å²) in [6, 6.07) is 20.7. The van der Waals surface area contributed by atoms with Crippen LogP contribution in [0.15, 0.2) is 77.7 Å². The van der Waals surface area contributed by atoms with Gasteiger partial charge in [0.25, 0.3) is 15.9 Å². The molecule has 9 heteroatoms. The van der Waals surface area contributed by atoms with E-state index in [1.54, 1.807) is 24.3 Å². The molecule has 3 rings (SSSR count). The molecule has 1 amide bonds. The second-order valence-electron chi connectivity index (χ2n) is 7.94. The van der Waals surface area contributed by atoms with E-state index >= 15 is 0 Å². The lowest BCUT2D eigenvalue weighted by Gasteiger charge is -2.15. The Bertz CT molecular complexity index is 1220. The van der Waals surface area contributed by atoms with Crippen molar-refractivity contribution in [1.82, 2.24) is 5.32 Å². The van der Waals surface area contributed by atoms with E-state index in [0.717, 1.165) is 12.8 Å². The fourth-order valence-electron chi connectivity index (χ4n) is 3.33. The molecule has 2 N–H and O–H groups in total. The zero-order valence-electron chi connectivity index (χ0n) is 19.7. The van der Waals surface area contributed by atoms with Gasteiger partial charge in [0.2, 0.25) is 0 Å².